The van der Waals surface area contributed by atoms with Gasteiger partial charge in [0.1, 0.15) is 0 Å². The molecule has 1 aromatic carbocycles. The summed E-state index contributed by atoms with van der Waals surface area (Å²) >= 11 is 5.28. The SMILES string of the molecule is Cc1c(CC2CC2)c(I)c(I)c(C2CC2)c1C1CC1. The first-order chi connectivity index (χ1) is 9.16. The Morgan fingerprint density at radius 2 is 1.42 bits per heavy atom. The van der Waals surface area contributed by atoms with E-state index in [1.165, 1.54) is 44.9 Å². The minimum Gasteiger partial charge on any atom is -0.0499 e. The summed E-state index contributed by atoms with van der Waals surface area (Å²) in [5, 5.41) is 0. The molecule has 0 N–H and O–H groups in total. The van der Waals surface area contributed by atoms with Crippen molar-refractivity contribution in [1.29, 1.82) is 0 Å². The van der Waals surface area contributed by atoms with Gasteiger partial charge in [-0.15, -0.1) is 0 Å². The minimum atomic E-state index is 0.907. The predicted molar refractivity (Wildman–Crippen MR) is 97.0 cm³/mol. The Balaban J connectivity index is 1.87. The zero-order valence-electron chi connectivity index (χ0n) is 11.4. The topological polar surface area (TPSA) is 0 Å². The summed E-state index contributed by atoms with van der Waals surface area (Å²) in [6, 6.07) is 0. The molecule has 0 bridgehead atoms. The normalized spacial score (nSPS) is 22.9. The Labute approximate surface area is 143 Å². The van der Waals surface area contributed by atoms with Crippen molar-refractivity contribution in [3.63, 3.8) is 0 Å². The van der Waals surface area contributed by atoms with Crippen LogP contribution in [0.3, 0.4) is 0 Å². The summed E-state index contributed by atoms with van der Waals surface area (Å²) in [7, 11) is 0. The van der Waals surface area contributed by atoms with Gasteiger partial charge in [-0.1, -0.05) is 0 Å². The average molecular weight is 478 g/mol. The lowest BCUT2D eigenvalue weighted by molar-refractivity contribution is 0.812. The van der Waals surface area contributed by atoms with Crippen molar-refractivity contribution in [3.8, 4) is 0 Å². The standard InChI is InChI=1S/C17H20I2/c1-9-13(8-10-2-3-10)16(18)17(19)15(12-6-7-12)14(9)11-4-5-11/h10-12H,2-8H2,1H3. The largest absolute Gasteiger partial charge is 0.0499 e. The second-order valence-corrected chi connectivity index (χ2v) is 8.91. The van der Waals surface area contributed by atoms with Crippen LogP contribution in [0.15, 0.2) is 0 Å². The molecular formula is C17H20I2. The fraction of sp³-hybridized carbons (Fsp3) is 0.647. The second kappa shape index (κ2) is 4.85. The van der Waals surface area contributed by atoms with Crippen LogP contribution in [0.5, 0.6) is 0 Å². The lowest BCUT2D eigenvalue weighted by Crippen LogP contribution is -2.07. The van der Waals surface area contributed by atoms with Gasteiger partial charge in [-0.2, -0.15) is 0 Å². The second-order valence-electron chi connectivity index (χ2n) is 6.75. The highest BCUT2D eigenvalue weighted by Gasteiger charge is 2.37. The zero-order chi connectivity index (χ0) is 13.1. The number of benzene rings is 1. The molecule has 0 heterocycles. The molecule has 0 nitrogen and oxygen atoms in total. The van der Waals surface area contributed by atoms with Crippen molar-refractivity contribution in [2.24, 2.45) is 5.92 Å². The van der Waals surface area contributed by atoms with Crippen molar-refractivity contribution >= 4 is 45.2 Å². The molecule has 0 aliphatic heterocycles. The Kier molecular flexibility index (Phi) is 3.41. The molecule has 4 rings (SSSR count). The first kappa shape index (κ1) is 13.4. The molecule has 102 valence electrons. The highest BCUT2D eigenvalue weighted by Crippen LogP contribution is 2.53. The molecule has 0 amide bonds. The zero-order valence-corrected chi connectivity index (χ0v) is 15.8. The van der Waals surface area contributed by atoms with Gasteiger partial charge in [-0.3, -0.25) is 0 Å². The van der Waals surface area contributed by atoms with Crippen LogP contribution in [0.2, 0.25) is 0 Å². The Bertz CT molecular complexity index is 535. The number of hydrogen-bond donors (Lipinski definition) is 0. The maximum Gasteiger partial charge on any atom is 0.0304 e. The van der Waals surface area contributed by atoms with Gasteiger partial charge in [0.25, 0.3) is 0 Å². The van der Waals surface area contributed by atoms with Gasteiger partial charge in [-0.25, -0.2) is 0 Å². The van der Waals surface area contributed by atoms with Crippen molar-refractivity contribution < 1.29 is 0 Å². The van der Waals surface area contributed by atoms with Gasteiger partial charge >= 0.3 is 0 Å². The molecule has 0 unspecified atom stereocenters. The fourth-order valence-electron chi connectivity index (χ4n) is 3.42. The van der Waals surface area contributed by atoms with E-state index in [4.69, 9.17) is 0 Å². The molecule has 0 atom stereocenters. The molecular weight excluding hydrogens is 458 g/mol. The first-order valence-electron chi connectivity index (χ1n) is 7.67. The van der Waals surface area contributed by atoms with Crippen LogP contribution < -0.4 is 0 Å². The Morgan fingerprint density at radius 3 is 1.95 bits per heavy atom. The van der Waals surface area contributed by atoms with Crippen LogP contribution in [-0.2, 0) is 6.42 Å². The van der Waals surface area contributed by atoms with Crippen LogP contribution in [0.4, 0.5) is 0 Å². The molecule has 3 aliphatic rings. The van der Waals surface area contributed by atoms with Gasteiger partial charge in [0.2, 0.25) is 0 Å². The van der Waals surface area contributed by atoms with E-state index in [1.807, 2.05) is 0 Å². The smallest absolute Gasteiger partial charge is 0.0304 e. The first-order valence-corrected chi connectivity index (χ1v) is 9.82. The Hall–Kier alpha value is 0.680. The van der Waals surface area contributed by atoms with E-state index < -0.39 is 0 Å². The molecule has 0 radical (unpaired) electrons. The molecule has 3 saturated carbocycles. The molecule has 19 heavy (non-hydrogen) atoms. The molecule has 3 aliphatic carbocycles. The molecule has 0 aromatic heterocycles. The summed E-state index contributed by atoms with van der Waals surface area (Å²) < 4.78 is 3.21. The van der Waals surface area contributed by atoms with Crippen molar-refractivity contribution in [1.82, 2.24) is 0 Å². The summed E-state index contributed by atoms with van der Waals surface area (Å²) in [6.07, 6.45) is 10.1. The highest BCUT2D eigenvalue weighted by atomic mass is 127. The summed E-state index contributed by atoms with van der Waals surface area (Å²) in [6.45, 7) is 2.43. The summed E-state index contributed by atoms with van der Waals surface area (Å²) in [5.41, 5.74) is 6.95. The van der Waals surface area contributed by atoms with Crippen LogP contribution in [0.25, 0.3) is 0 Å². The van der Waals surface area contributed by atoms with E-state index in [0.717, 1.165) is 17.8 Å². The monoisotopic (exact) mass is 478 g/mol. The minimum absolute atomic E-state index is 0.907. The van der Waals surface area contributed by atoms with Crippen molar-refractivity contribution in [2.75, 3.05) is 0 Å². The van der Waals surface area contributed by atoms with E-state index >= 15 is 0 Å². The molecule has 1 aromatic rings. The molecule has 0 spiro atoms. The maximum atomic E-state index is 2.65. The molecule has 3 fully saturated rings. The fourth-order valence-corrected chi connectivity index (χ4v) is 5.39. The molecule has 0 saturated heterocycles. The number of hydrogen-bond acceptors (Lipinski definition) is 0. The van der Waals surface area contributed by atoms with Crippen molar-refractivity contribution in [2.45, 2.75) is 63.7 Å². The third kappa shape index (κ3) is 2.49. The highest BCUT2D eigenvalue weighted by molar-refractivity contribution is 14.1. The summed E-state index contributed by atoms with van der Waals surface area (Å²) in [4.78, 5) is 0. The Morgan fingerprint density at radius 1 is 0.842 bits per heavy atom. The average Bonchev–Trinajstić information content (AvgIpc) is 3.27. The van der Waals surface area contributed by atoms with E-state index in [-0.39, 0.29) is 0 Å². The van der Waals surface area contributed by atoms with E-state index in [2.05, 4.69) is 52.1 Å². The van der Waals surface area contributed by atoms with Gasteiger partial charge < -0.3 is 0 Å². The van der Waals surface area contributed by atoms with E-state index in [9.17, 15) is 0 Å². The predicted octanol–water partition coefficient (Wildman–Crippen LogP) is 5.91. The third-order valence-corrected chi connectivity index (χ3v) is 8.34. The lowest BCUT2D eigenvalue weighted by Gasteiger charge is -2.21. The maximum absolute atomic E-state index is 2.65. The number of rotatable bonds is 4. The number of halogens is 2. The van der Waals surface area contributed by atoms with Crippen LogP contribution in [0, 0.1) is 20.0 Å². The van der Waals surface area contributed by atoms with E-state index in [1.54, 1.807) is 29.4 Å². The van der Waals surface area contributed by atoms with Gasteiger partial charge in [0.05, 0.1) is 0 Å². The van der Waals surface area contributed by atoms with Gasteiger partial charge in [0.15, 0.2) is 0 Å². The van der Waals surface area contributed by atoms with Crippen LogP contribution in [-0.4, -0.2) is 0 Å². The summed E-state index contributed by atoms with van der Waals surface area (Å²) in [5.74, 6) is 2.82. The third-order valence-electron chi connectivity index (χ3n) is 5.00. The van der Waals surface area contributed by atoms with Crippen molar-refractivity contribution in [3.05, 3.63) is 29.4 Å². The van der Waals surface area contributed by atoms with E-state index in [0.29, 0.717) is 0 Å². The van der Waals surface area contributed by atoms with Gasteiger partial charge in [-0.05, 0) is 137 Å². The quantitative estimate of drug-likeness (QED) is 0.473. The van der Waals surface area contributed by atoms with Crippen LogP contribution >= 0.6 is 45.2 Å². The van der Waals surface area contributed by atoms with Crippen LogP contribution in [0.1, 0.15) is 72.6 Å². The van der Waals surface area contributed by atoms with Gasteiger partial charge in [0, 0.05) is 7.14 Å². The lowest BCUT2D eigenvalue weighted by atomic mass is 9.89. The molecule has 2 heteroatoms.